The smallest absolute Gasteiger partial charge is 0.138 e. The number of hydrogen-bond donors (Lipinski definition) is 2. The van der Waals surface area contributed by atoms with Crippen molar-refractivity contribution >= 4 is 23.2 Å². The third-order valence-electron chi connectivity index (χ3n) is 2.82. The molecule has 0 spiro atoms. The van der Waals surface area contributed by atoms with Crippen LogP contribution in [0.3, 0.4) is 0 Å². The second kappa shape index (κ2) is 9.10. The van der Waals surface area contributed by atoms with Gasteiger partial charge < -0.3 is 15.2 Å². The molecule has 20 heavy (non-hydrogen) atoms. The number of ether oxygens (including phenoxy) is 1. The minimum absolute atomic E-state index is 0.154. The topological polar surface area (TPSA) is 41.5 Å². The zero-order chi connectivity index (χ0) is 15.0. The Balaban J connectivity index is 2.36. The second-order valence-corrected chi connectivity index (χ2v) is 5.30. The molecule has 0 heterocycles. The number of aliphatic hydroxyl groups is 1. The molecule has 2 unspecified atom stereocenters. The largest absolute Gasteiger partial charge is 0.489 e. The molecule has 0 bridgehead atoms. The average Bonchev–Trinajstić information content (AvgIpc) is 2.42. The number of terminal acetylenes is 1. The predicted molar refractivity (Wildman–Crippen MR) is 83.5 cm³/mol. The molecule has 110 valence electrons. The Kier molecular flexibility index (Phi) is 7.79. The molecule has 0 radical (unpaired) electrons. The molecule has 0 fully saturated rings. The highest BCUT2D eigenvalue weighted by molar-refractivity contribution is 6.35. The molecule has 2 atom stereocenters. The first-order valence-corrected chi connectivity index (χ1v) is 7.25. The fourth-order valence-electron chi connectivity index (χ4n) is 1.64. The fourth-order valence-corrected chi connectivity index (χ4v) is 2.11. The molecule has 1 aromatic carbocycles. The van der Waals surface area contributed by atoms with Gasteiger partial charge >= 0.3 is 0 Å². The lowest BCUT2D eigenvalue weighted by Gasteiger charge is -2.18. The van der Waals surface area contributed by atoms with Gasteiger partial charge in [-0.05, 0) is 24.6 Å². The van der Waals surface area contributed by atoms with Crippen LogP contribution in [0.25, 0.3) is 0 Å². The van der Waals surface area contributed by atoms with Gasteiger partial charge in [-0.15, -0.1) is 12.3 Å². The fraction of sp³-hybridized carbons (Fsp3) is 0.467. The Hall–Kier alpha value is -0.920. The number of hydrogen-bond acceptors (Lipinski definition) is 3. The minimum Gasteiger partial charge on any atom is -0.489 e. The van der Waals surface area contributed by atoms with E-state index in [0.717, 1.165) is 6.42 Å². The van der Waals surface area contributed by atoms with E-state index in [4.69, 9.17) is 34.4 Å². The summed E-state index contributed by atoms with van der Waals surface area (Å²) in [5.41, 5.74) is 0. The number of halogens is 2. The second-order valence-electron chi connectivity index (χ2n) is 4.46. The highest BCUT2D eigenvalue weighted by Crippen LogP contribution is 2.27. The molecular formula is C15H19Cl2NO2. The lowest BCUT2D eigenvalue weighted by Crippen LogP contribution is -2.37. The van der Waals surface area contributed by atoms with Crippen LogP contribution in [-0.4, -0.2) is 30.4 Å². The van der Waals surface area contributed by atoms with E-state index in [9.17, 15) is 5.11 Å². The summed E-state index contributed by atoms with van der Waals surface area (Å²) in [5, 5.41) is 14.0. The lowest BCUT2D eigenvalue weighted by molar-refractivity contribution is 0.103. The Labute approximate surface area is 130 Å². The van der Waals surface area contributed by atoms with E-state index in [0.29, 0.717) is 28.8 Å². The van der Waals surface area contributed by atoms with Crippen LogP contribution in [0.4, 0.5) is 0 Å². The number of rotatable bonds is 8. The molecule has 3 nitrogen and oxygen atoms in total. The predicted octanol–water partition coefficient (Wildman–Crippen LogP) is 3.12. The van der Waals surface area contributed by atoms with Gasteiger partial charge in [-0.3, -0.25) is 0 Å². The monoisotopic (exact) mass is 315 g/mol. The third-order valence-corrected chi connectivity index (χ3v) is 3.35. The van der Waals surface area contributed by atoms with Gasteiger partial charge in [0, 0.05) is 24.0 Å². The van der Waals surface area contributed by atoms with Crippen molar-refractivity contribution < 1.29 is 9.84 Å². The quantitative estimate of drug-likeness (QED) is 0.724. The van der Waals surface area contributed by atoms with Crippen molar-refractivity contribution in [3.63, 3.8) is 0 Å². The van der Waals surface area contributed by atoms with E-state index in [-0.39, 0.29) is 12.6 Å². The molecule has 0 saturated heterocycles. The first-order chi connectivity index (χ1) is 9.56. The molecule has 1 rings (SSSR count). The molecular weight excluding hydrogens is 297 g/mol. The van der Waals surface area contributed by atoms with Crippen molar-refractivity contribution in [2.24, 2.45) is 0 Å². The Morgan fingerprint density at radius 1 is 1.45 bits per heavy atom. The summed E-state index contributed by atoms with van der Waals surface area (Å²) in [5.74, 6) is 3.11. The summed E-state index contributed by atoms with van der Waals surface area (Å²) < 4.78 is 5.46. The third kappa shape index (κ3) is 6.02. The van der Waals surface area contributed by atoms with Gasteiger partial charge in [0.05, 0.1) is 5.02 Å². The van der Waals surface area contributed by atoms with Crippen molar-refractivity contribution in [2.45, 2.75) is 31.9 Å². The van der Waals surface area contributed by atoms with Gasteiger partial charge in [0.25, 0.3) is 0 Å². The van der Waals surface area contributed by atoms with Crippen LogP contribution in [0, 0.1) is 12.3 Å². The van der Waals surface area contributed by atoms with Crippen LogP contribution in [0.15, 0.2) is 18.2 Å². The lowest BCUT2D eigenvalue weighted by atomic mass is 10.1. The summed E-state index contributed by atoms with van der Waals surface area (Å²) in [6, 6.07) is 5.18. The molecule has 0 aliphatic carbocycles. The van der Waals surface area contributed by atoms with Gasteiger partial charge in [0.1, 0.15) is 18.5 Å². The van der Waals surface area contributed by atoms with Crippen molar-refractivity contribution in [2.75, 3.05) is 13.2 Å². The van der Waals surface area contributed by atoms with Gasteiger partial charge in [-0.2, -0.15) is 0 Å². The maximum atomic E-state index is 9.86. The first-order valence-electron chi connectivity index (χ1n) is 6.49. The van der Waals surface area contributed by atoms with E-state index in [1.807, 2.05) is 6.92 Å². The molecule has 5 heteroatoms. The van der Waals surface area contributed by atoms with Crippen molar-refractivity contribution in [3.8, 4) is 18.1 Å². The van der Waals surface area contributed by atoms with Crippen LogP contribution >= 0.6 is 23.2 Å². The standard InChI is InChI=1S/C15H19Cl2NO2/c1-3-5-12(4-2)18-9-13(19)10-20-15-7-6-11(16)8-14(15)17/h1,6-8,12-13,18-19H,4-5,9-10H2,2H3. The molecule has 2 N–H and O–H groups in total. The van der Waals surface area contributed by atoms with Crippen molar-refractivity contribution in [1.29, 1.82) is 0 Å². The number of aliphatic hydroxyl groups excluding tert-OH is 1. The van der Waals surface area contributed by atoms with E-state index in [2.05, 4.69) is 11.2 Å². The van der Waals surface area contributed by atoms with Crippen LogP contribution in [0.1, 0.15) is 19.8 Å². The summed E-state index contributed by atoms with van der Waals surface area (Å²) in [4.78, 5) is 0. The minimum atomic E-state index is -0.631. The van der Waals surface area contributed by atoms with Crippen molar-refractivity contribution in [1.82, 2.24) is 5.32 Å². The first kappa shape index (κ1) is 17.1. The molecule has 0 saturated carbocycles. The summed E-state index contributed by atoms with van der Waals surface area (Å²) >= 11 is 11.8. The molecule has 0 aromatic heterocycles. The molecule has 0 amide bonds. The van der Waals surface area contributed by atoms with Crippen LogP contribution in [0.5, 0.6) is 5.75 Å². The summed E-state index contributed by atoms with van der Waals surface area (Å²) in [7, 11) is 0. The number of nitrogens with one attached hydrogen (secondary N) is 1. The maximum Gasteiger partial charge on any atom is 0.138 e. The van der Waals surface area contributed by atoms with Gasteiger partial charge in [0.15, 0.2) is 0 Å². The molecule has 0 aliphatic heterocycles. The van der Waals surface area contributed by atoms with E-state index in [1.54, 1.807) is 18.2 Å². The van der Waals surface area contributed by atoms with Crippen LogP contribution < -0.4 is 10.1 Å². The number of benzene rings is 1. The summed E-state index contributed by atoms with van der Waals surface area (Å²) in [6.07, 6.45) is 6.20. The summed E-state index contributed by atoms with van der Waals surface area (Å²) in [6.45, 7) is 2.62. The van der Waals surface area contributed by atoms with E-state index < -0.39 is 6.10 Å². The Morgan fingerprint density at radius 3 is 2.80 bits per heavy atom. The maximum absolute atomic E-state index is 9.86. The normalized spacial score (nSPS) is 13.6. The zero-order valence-electron chi connectivity index (χ0n) is 11.4. The SMILES string of the molecule is C#CCC(CC)NCC(O)COc1ccc(Cl)cc1Cl. The Morgan fingerprint density at radius 2 is 2.20 bits per heavy atom. The molecule has 0 aliphatic rings. The average molecular weight is 316 g/mol. The van der Waals surface area contributed by atoms with Crippen LogP contribution in [0.2, 0.25) is 10.0 Å². The zero-order valence-corrected chi connectivity index (χ0v) is 12.9. The highest BCUT2D eigenvalue weighted by atomic mass is 35.5. The highest BCUT2D eigenvalue weighted by Gasteiger charge is 2.10. The Bertz CT molecular complexity index is 460. The van der Waals surface area contributed by atoms with E-state index in [1.165, 1.54) is 0 Å². The van der Waals surface area contributed by atoms with Gasteiger partial charge in [-0.1, -0.05) is 30.1 Å². The van der Waals surface area contributed by atoms with Crippen LogP contribution in [-0.2, 0) is 0 Å². The van der Waals surface area contributed by atoms with Gasteiger partial charge in [-0.25, -0.2) is 0 Å². The molecule has 1 aromatic rings. The van der Waals surface area contributed by atoms with Crippen molar-refractivity contribution in [3.05, 3.63) is 28.2 Å². The van der Waals surface area contributed by atoms with E-state index >= 15 is 0 Å². The van der Waals surface area contributed by atoms with Gasteiger partial charge in [0.2, 0.25) is 0 Å².